The van der Waals surface area contributed by atoms with Crippen LogP contribution in [0.3, 0.4) is 0 Å². The zero-order valence-corrected chi connectivity index (χ0v) is 8.54. The molecular weight excluding hydrogens is 160 g/mol. The Kier molecular flexibility index (Phi) is 3.26. The summed E-state index contributed by atoms with van der Waals surface area (Å²) in [5.74, 6) is 1.62. The smallest absolute Gasteiger partial charge is 0.0568 e. The van der Waals surface area contributed by atoms with Gasteiger partial charge in [0, 0.05) is 0 Å². The van der Waals surface area contributed by atoms with E-state index in [4.69, 9.17) is 0 Å². The average molecular weight is 182 g/mol. The van der Waals surface area contributed by atoms with E-state index in [-0.39, 0.29) is 6.10 Å². The lowest BCUT2D eigenvalue weighted by Gasteiger charge is -2.31. The zero-order chi connectivity index (χ0) is 9.10. The molecule has 2 atom stereocenters. The maximum Gasteiger partial charge on any atom is 0.0568 e. The Hall–Kier alpha value is -0.0400. The molecule has 0 aliphatic heterocycles. The predicted octanol–water partition coefficient (Wildman–Crippen LogP) is 3.12. The first-order valence-corrected chi connectivity index (χ1v) is 6.04. The van der Waals surface area contributed by atoms with Crippen LogP contribution in [0.25, 0.3) is 0 Å². The van der Waals surface area contributed by atoms with Crippen LogP contribution in [0.1, 0.15) is 57.8 Å². The van der Waals surface area contributed by atoms with E-state index in [2.05, 4.69) is 0 Å². The third-order valence-electron chi connectivity index (χ3n) is 3.98. The van der Waals surface area contributed by atoms with Gasteiger partial charge in [0.25, 0.3) is 0 Å². The Bertz CT molecular complexity index is 151. The fourth-order valence-electron chi connectivity index (χ4n) is 2.80. The second kappa shape index (κ2) is 4.45. The quantitative estimate of drug-likeness (QED) is 0.651. The summed E-state index contributed by atoms with van der Waals surface area (Å²) >= 11 is 0. The fourth-order valence-corrected chi connectivity index (χ4v) is 2.80. The molecule has 13 heavy (non-hydrogen) atoms. The molecule has 2 aliphatic carbocycles. The van der Waals surface area contributed by atoms with Gasteiger partial charge in [-0.15, -0.1) is 0 Å². The normalized spacial score (nSPS) is 36.7. The van der Waals surface area contributed by atoms with Gasteiger partial charge in [0.1, 0.15) is 0 Å². The molecule has 76 valence electrons. The number of hydrogen-bond donors (Lipinski definition) is 1. The fraction of sp³-hybridized carbons (Fsp3) is 1.00. The molecule has 2 rings (SSSR count). The Morgan fingerprint density at radius 3 is 2.31 bits per heavy atom. The Morgan fingerprint density at radius 2 is 1.62 bits per heavy atom. The van der Waals surface area contributed by atoms with E-state index in [1.54, 1.807) is 0 Å². The van der Waals surface area contributed by atoms with Crippen LogP contribution in [-0.4, -0.2) is 11.2 Å². The highest BCUT2D eigenvalue weighted by Gasteiger charge is 2.27. The summed E-state index contributed by atoms with van der Waals surface area (Å²) in [6, 6.07) is 0. The van der Waals surface area contributed by atoms with Crippen molar-refractivity contribution in [1.82, 2.24) is 0 Å². The summed E-state index contributed by atoms with van der Waals surface area (Å²) in [5, 5.41) is 9.92. The van der Waals surface area contributed by atoms with E-state index >= 15 is 0 Å². The van der Waals surface area contributed by atoms with Crippen molar-refractivity contribution in [3.8, 4) is 0 Å². The first-order valence-electron chi connectivity index (χ1n) is 6.04. The van der Waals surface area contributed by atoms with Crippen LogP contribution in [0.2, 0.25) is 0 Å². The van der Waals surface area contributed by atoms with Crippen LogP contribution in [0.4, 0.5) is 0 Å². The molecule has 1 nitrogen and oxygen atoms in total. The van der Waals surface area contributed by atoms with E-state index in [1.165, 1.54) is 51.4 Å². The topological polar surface area (TPSA) is 20.2 Å². The molecule has 0 saturated heterocycles. The van der Waals surface area contributed by atoms with Gasteiger partial charge in [-0.05, 0) is 31.1 Å². The lowest BCUT2D eigenvalue weighted by molar-refractivity contribution is 0.0750. The predicted molar refractivity (Wildman–Crippen MR) is 54.5 cm³/mol. The van der Waals surface area contributed by atoms with Crippen molar-refractivity contribution in [2.24, 2.45) is 11.8 Å². The minimum Gasteiger partial charge on any atom is -0.393 e. The third-order valence-corrected chi connectivity index (χ3v) is 3.98. The average Bonchev–Trinajstić information content (AvgIpc) is 2.23. The van der Waals surface area contributed by atoms with Crippen molar-refractivity contribution in [3.63, 3.8) is 0 Å². The maximum atomic E-state index is 9.92. The van der Waals surface area contributed by atoms with Crippen molar-refractivity contribution in [3.05, 3.63) is 0 Å². The molecule has 0 radical (unpaired) electrons. The molecule has 0 aromatic heterocycles. The molecule has 0 aromatic rings. The minimum absolute atomic E-state index is 0.0306. The summed E-state index contributed by atoms with van der Waals surface area (Å²) in [7, 11) is 0. The monoisotopic (exact) mass is 182 g/mol. The summed E-state index contributed by atoms with van der Waals surface area (Å²) in [6.45, 7) is 0. The molecule has 0 heterocycles. The SMILES string of the molecule is O[C@@H]1CCCCC[C@H]1CC1CCC1. The summed E-state index contributed by atoms with van der Waals surface area (Å²) in [4.78, 5) is 0. The standard InChI is InChI=1S/C12H22O/c13-12-8-3-1-2-7-11(12)9-10-5-4-6-10/h10-13H,1-9H2/t11-,12+/m0/s1. The van der Waals surface area contributed by atoms with Crippen molar-refractivity contribution in [2.45, 2.75) is 63.9 Å². The molecule has 0 amide bonds. The van der Waals surface area contributed by atoms with Crippen molar-refractivity contribution in [2.75, 3.05) is 0 Å². The van der Waals surface area contributed by atoms with Gasteiger partial charge < -0.3 is 5.11 Å². The molecule has 0 aromatic carbocycles. The van der Waals surface area contributed by atoms with Gasteiger partial charge in [0.2, 0.25) is 0 Å². The molecule has 1 heteroatoms. The second-order valence-corrected chi connectivity index (χ2v) is 5.00. The molecule has 0 unspecified atom stereocenters. The number of rotatable bonds is 2. The van der Waals surface area contributed by atoms with Crippen LogP contribution in [-0.2, 0) is 0 Å². The Morgan fingerprint density at radius 1 is 0.846 bits per heavy atom. The van der Waals surface area contributed by atoms with Crippen molar-refractivity contribution >= 4 is 0 Å². The lowest BCUT2D eigenvalue weighted by Crippen LogP contribution is -2.24. The van der Waals surface area contributed by atoms with Gasteiger partial charge in [-0.2, -0.15) is 0 Å². The molecule has 0 bridgehead atoms. The zero-order valence-electron chi connectivity index (χ0n) is 8.54. The van der Waals surface area contributed by atoms with E-state index < -0.39 is 0 Å². The van der Waals surface area contributed by atoms with Crippen LogP contribution in [0.15, 0.2) is 0 Å². The Balaban J connectivity index is 1.79. The molecule has 2 aliphatic rings. The van der Waals surface area contributed by atoms with Gasteiger partial charge in [-0.1, -0.05) is 38.5 Å². The Labute approximate surface area is 81.5 Å². The summed E-state index contributed by atoms with van der Waals surface area (Å²) < 4.78 is 0. The van der Waals surface area contributed by atoms with Crippen LogP contribution < -0.4 is 0 Å². The first kappa shape index (κ1) is 9.51. The van der Waals surface area contributed by atoms with Crippen LogP contribution in [0.5, 0.6) is 0 Å². The van der Waals surface area contributed by atoms with Crippen molar-refractivity contribution < 1.29 is 5.11 Å². The molecule has 2 fully saturated rings. The van der Waals surface area contributed by atoms with E-state index in [0.717, 1.165) is 12.3 Å². The minimum atomic E-state index is 0.0306. The van der Waals surface area contributed by atoms with Crippen LogP contribution in [0, 0.1) is 11.8 Å². The molecule has 0 spiro atoms. The molecule has 1 N–H and O–H groups in total. The first-order chi connectivity index (χ1) is 6.36. The second-order valence-electron chi connectivity index (χ2n) is 5.00. The maximum absolute atomic E-state index is 9.92. The van der Waals surface area contributed by atoms with Crippen LogP contribution >= 0.6 is 0 Å². The van der Waals surface area contributed by atoms with Gasteiger partial charge in [0.05, 0.1) is 6.10 Å². The largest absolute Gasteiger partial charge is 0.393 e. The summed E-state index contributed by atoms with van der Waals surface area (Å²) in [5.41, 5.74) is 0. The van der Waals surface area contributed by atoms with Gasteiger partial charge in [-0.3, -0.25) is 0 Å². The molecular formula is C12H22O. The highest BCUT2D eigenvalue weighted by atomic mass is 16.3. The lowest BCUT2D eigenvalue weighted by atomic mass is 9.76. The van der Waals surface area contributed by atoms with E-state index in [1.807, 2.05) is 0 Å². The molecule has 2 saturated carbocycles. The number of aliphatic hydroxyl groups is 1. The highest BCUT2D eigenvalue weighted by Crippen LogP contribution is 2.36. The van der Waals surface area contributed by atoms with Gasteiger partial charge in [-0.25, -0.2) is 0 Å². The van der Waals surface area contributed by atoms with E-state index in [9.17, 15) is 5.11 Å². The third kappa shape index (κ3) is 2.46. The summed E-state index contributed by atoms with van der Waals surface area (Å²) in [6.07, 6.45) is 12.0. The van der Waals surface area contributed by atoms with Crippen molar-refractivity contribution in [1.29, 1.82) is 0 Å². The van der Waals surface area contributed by atoms with Gasteiger partial charge >= 0.3 is 0 Å². The van der Waals surface area contributed by atoms with E-state index in [0.29, 0.717) is 5.92 Å². The van der Waals surface area contributed by atoms with Gasteiger partial charge in [0.15, 0.2) is 0 Å². The highest BCUT2D eigenvalue weighted by molar-refractivity contribution is 4.79. The number of aliphatic hydroxyl groups excluding tert-OH is 1. The number of hydrogen-bond acceptors (Lipinski definition) is 1.